The molecular weight excluding hydrogens is 356 g/mol. The molecular formula is C27H54O2. The molecule has 29 heavy (non-hydrogen) atoms. The van der Waals surface area contributed by atoms with Crippen LogP contribution in [0.25, 0.3) is 0 Å². The van der Waals surface area contributed by atoms with Crippen molar-refractivity contribution < 1.29 is 9.53 Å². The van der Waals surface area contributed by atoms with Gasteiger partial charge in [0.15, 0.2) is 0 Å². The van der Waals surface area contributed by atoms with Crippen molar-refractivity contribution in [3.8, 4) is 0 Å². The van der Waals surface area contributed by atoms with Crippen molar-refractivity contribution in [1.29, 1.82) is 0 Å². The molecule has 2 heteroatoms. The molecule has 0 rings (SSSR count). The number of carbonyl (C=O) groups is 1. The lowest BCUT2D eigenvalue weighted by molar-refractivity contribution is -0.143. The Balaban J connectivity index is 3.15. The molecule has 0 aliphatic carbocycles. The molecule has 0 atom stereocenters. The molecule has 0 amide bonds. The van der Waals surface area contributed by atoms with Gasteiger partial charge < -0.3 is 4.74 Å². The molecule has 174 valence electrons. The van der Waals surface area contributed by atoms with Crippen molar-refractivity contribution in [3.05, 3.63) is 0 Å². The summed E-state index contributed by atoms with van der Waals surface area (Å²) in [6.45, 7) is 7.53. The molecule has 0 heterocycles. The largest absolute Gasteiger partial charge is 0.466 e. The predicted molar refractivity (Wildman–Crippen MR) is 128 cm³/mol. The van der Waals surface area contributed by atoms with E-state index >= 15 is 0 Å². The maximum atomic E-state index is 11.8. The molecule has 0 bridgehead atoms. The number of rotatable bonds is 23. The van der Waals surface area contributed by atoms with Crippen LogP contribution >= 0.6 is 0 Å². The Labute approximate surface area is 184 Å². The molecule has 0 saturated carbocycles. The average molecular weight is 411 g/mol. The zero-order valence-corrected chi connectivity index (χ0v) is 20.5. The van der Waals surface area contributed by atoms with Crippen molar-refractivity contribution in [2.24, 2.45) is 5.92 Å². The van der Waals surface area contributed by atoms with Crippen LogP contribution in [-0.2, 0) is 9.53 Å². The van der Waals surface area contributed by atoms with Gasteiger partial charge in [0, 0.05) is 6.42 Å². The van der Waals surface area contributed by atoms with Gasteiger partial charge >= 0.3 is 5.97 Å². The highest BCUT2D eigenvalue weighted by atomic mass is 16.5. The maximum Gasteiger partial charge on any atom is 0.305 e. The van der Waals surface area contributed by atoms with Crippen molar-refractivity contribution >= 4 is 5.97 Å². The van der Waals surface area contributed by atoms with Crippen LogP contribution in [0, 0.1) is 5.92 Å². The fraction of sp³-hybridized carbons (Fsp3) is 0.963. The van der Waals surface area contributed by atoms with Crippen LogP contribution in [0.3, 0.4) is 0 Å². The molecule has 0 aromatic heterocycles. The lowest BCUT2D eigenvalue weighted by atomic mass is 10.0. The first-order valence-corrected chi connectivity index (χ1v) is 13.3. The summed E-state index contributed by atoms with van der Waals surface area (Å²) in [5, 5.41) is 0. The number of ether oxygens (including phenoxy) is 1. The summed E-state index contributed by atoms with van der Waals surface area (Å²) in [6, 6.07) is 0. The van der Waals surface area contributed by atoms with E-state index in [0.29, 0.717) is 13.0 Å². The first kappa shape index (κ1) is 28.5. The van der Waals surface area contributed by atoms with E-state index in [4.69, 9.17) is 4.74 Å². The summed E-state index contributed by atoms with van der Waals surface area (Å²) in [5.74, 6) is 0.877. The van der Waals surface area contributed by atoms with Crippen LogP contribution in [0.15, 0.2) is 0 Å². The zero-order valence-electron chi connectivity index (χ0n) is 20.5. The van der Waals surface area contributed by atoms with Gasteiger partial charge in [-0.3, -0.25) is 4.79 Å². The molecule has 2 nitrogen and oxygen atoms in total. The molecule has 0 spiro atoms. The monoisotopic (exact) mass is 410 g/mol. The minimum atomic E-state index is 0.0195. The van der Waals surface area contributed by atoms with E-state index < -0.39 is 0 Å². The molecule has 0 saturated heterocycles. The average Bonchev–Trinajstić information content (AvgIpc) is 2.70. The summed E-state index contributed by atoms with van der Waals surface area (Å²) in [6.07, 6.45) is 27.0. The van der Waals surface area contributed by atoms with Crippen molar-refractivity contribution in [2.75, 3.05) is 6.61 Å². The van der Waals surface area contributed by atoms with Gasteiger partial charge in [0.05, 0.1) is 6.61 Å². The van der Waals surface area contributed by atoms with E-state index in [9.17, 15) is 4.79 Å². The van der Waals surface area contributed by atoms with Crippen LogP contribution in [0.5, 0.6) is 0 Å². The highest BCUT2D eigenvalue weighted by Gasteiger charge is 2.02. The Morgan fingerprint density at radius 3 is 1.48 bits per heavy atom. The number of hydrogen-bond acceptors (Lipinski definition) is 2. The van der Waals surface area contributed by atoms with E-state index in [0.717, 1.165) is 18.8 Å². The Morgan fingerprint density at radius 1 is 0.586 bits per heavy atom. The fourth-order valence-electron chi connectivity index (χ4n) is 3.91. The van der Waals surface area contributed by atoms with E-state index in [-0.39, 0.29) is 5.97 Å². The number of esters is 1. The van der Waals surface area contributed by atoms with Crippen LogP contribution in [0.4, 0.5) is 0 Å². The maximum absolute atomic E-state index is 11.8. The Kier molecular flexibility index (Phi) is 23.3. The minimum Gasteiger partial charge on any atom is -0.466 e. The Morgan fingerprint density at radius 2 is 1.00 bits per heavy atom. The first-order chi connectivity index (χ1) is 14.2. The number of unbranched alkanes of at least 4 members (excludes halogenated alkanes) is 17. The van der Waals surface area contributed by atoms with Gasteiger partial charge in [-0.1, -0.05) is 136 Å². The third-order valence-corrected chi connectivity index (χ3v) is 5.92. The molecule has 0 unspecified atom stereocenters. The zero-order chi connectivity index (χ0) is 21.4. The van der Waals surface area contributed by atoms with Gasteiger partial charge in [0.2, 0.25) is 0 Å². The lowest BCUT2D eigenvalue weighted by Gasteiger charge is -2.06. The highest BCUT2D eigenvalue weighted by molar-refractivity contribution is 5.69. The van der Waals surface area contributed by atoms with Crippen LogP contribution in [0.1, 0.15) is 156 Å². The Bertz CT molecular complexity index is 324. The normalized spacial score (nSPS) is 11.3. The molecule has 0 aromatic rings. The molecule has 0 aliphatic heterocycles. The summed E-state index contributed by atoms with van der Waals surface area (Å²) < 4.78 is 5.37. The lowest BCUT2D eigenvalue weighted by Crippen LogP contribution is -2.05. The fourth-order valence-corrected chi connectivity index (χ4v) is 3.91. The summed E-state index contributed by atoms with van der Waals surface area (Å²) >= 11 is 0. The predicted octanol–water partition coefficient (Wildman–Crippen LogP) is 9.40. The first-order valence-electron chi connectivity index (χ1n) is 13.3. The van der Waals surface area contributed by atoms with Crippen molar-refractivity contribution in [2.45, 2.75) is 156 Å². The van der Waals surface area contributed by atoms with Crippen LogP contribution < -0.4 is 0 Å². The molecule has 0 radical (unpaired) electrons. The van der Waals surface area contributed by atoms with Gasteiger partial charge in [0.1, 0.15) is 0 Å². The van der Waals surface area contributed by atoms with Crippen molar-refractivity contribution in [3.63, 3.8) is 0 Å². The third kappa shape index (κ3) is 25.4. The molecule has 0 aromatic carbocycles. The SMILES string of the molecule is CCCCCCCCCCCCOC(=O)CCCCCCCCCCCC(C)C. The topological polar surface area (TPSA) is 26.3 Å². The second-order valence-corrected chi connectivity index (χ2v) is 9.52. The van der Waals surface area contributed by atoms with Gasteiger partial charge in [-0.25, -0.2) is 0 Å². The van der Waals surface area contributed by atoms with Crippen LogP contribution in [-0.4, -0.2) is 12.6 Å². The van der Waals surface area contributed by atoms with Gasteiger partial charge in [0.25, 0.3) is 0 Å². The minimum absolute atomic E-state index is 0.0195. The quantitative estimate of drug-likeness (QED) is 0.124. The standard InChI is InChI=1S/C27H54O2/c1-4-5-6-7-8-9-13-16-19-22-25-29-27(28)24-21-18-15-12-10-11-14-17-20-23-26(2)3/h26H,4-25H2,1-3H3. The van der Waals surface area contributed by atoms with E-state index in [1.54, 1.807) is 0 Å². The summed E-state index contributed by atoms with van der Waals surface area (Å²) in [5.41, 5.74) is 0. The third-order valence-electron chi connectivity index (χ3n) is 5.92. The number of carbonyl (C=O) groups excluding carboxylic acids is 1. The summed E-state index contributed by atoms with van der Waals surface area (Å²) in [7, 11) is 0. The summed E-state index contributed by atoms with van der Waals surface area (Å²) in [4.78, 5) is 11.8. The highest BCUT2D eigenvalue weighted by Crippen LogP contribution is 2.14. The molecule has 0 fully saturated rings. The van der Waals surface area contributed by atoms with E-state index in [1.807, 2.05) is 0 Å². The number of hydrogen-bond donors (Lipinski definition) is 0. The second kappa shape index (κ2) is 23.7. The van der Waals surface area contributed by atoms with Crippen molar-refractivity contribution in [1.82, 2.24) is 0 Å². The molecule has 0 aliphatic rings. The Hall–Kier alpha value is -0.530. The van der Waals surface area contributed by atoms with Gasteiger partial charge in [-0.15, -0.1) is 0 Å². The van der Waals surface area contributed by atoms with Gasteiger partial charge in [-0.05, 0) is 18.8 Å². The smallest absolute Gasteiger partial charge is 0.305 e. The van der Waals surface area contributed by atoms with Gasteiger partial charge in [-0.2, -0.15) is 0 Å². The second-order valence-electron chi connectivity index (χ2n) is 9.52. The van der Waals surface area contributed by atoms with Crippen LogP contribution in [0.2, 0.25) is 0 Å². The van der Waals surface area contributed by atoms with E-state index in [2.05, 4.69) is 20.8 Å². The molecule has 0 N–H and O–H groups in total. The van der Waals surface area contributed by atoms with E-state index in [1.165, 1.54) is 116 Å².